The number of nitrogens with two attached hydrogens (primary N) is 1. The summed E-state index contributed by atoms with van der Waals surface area (Å²) in [5.41, 5.74) is 8.22. The third kappa shape index (κ3) is 3.93. The summed E-state index contributed by atoms with van der Waals surface area (Å²) in [5, 5.41) is 3.31. The molecule has 2 fully saturated rings. The fourth-order valence-electron chi connectivity index (χ4n) is 3.68. The van der Waals surface area contributed by atoms with Gasteiger partial charge in [0, 0.05) is 56.0 Å². The Morgan fingerprint density at radius 1 is 1.21 bits per heavy atom. The van der Waals surface area contributed by atoms with Crippen LogP contribution in [0.2, 0.25) is 0 Å². The molecule has 148 valence electrons. The minimum Gasteiger partial charge on any atom is -0.378 e. The molecule has 1 aromatic heterocycles. The second kappa shape index (κ2) is 8.12. The molecule has 1 aromatic carbocycles. The average molecular weight is 382 g/mol. The first kappa shape index (κ1) is 18.6. The molecule has 0 saturated carbocycles. The van der Waals surface area contributed by atoms with Gasteiger partial charge in [0.15, 0.2) is 0 Å². The minimum atomic E-state index is 0.0475. The first-order valence-electron chi connectivity index (χ1n) is 9.71. The number of carbonyl (C=O) groups excluding carboxylic acids is 1. The number of aromatic nitrogens is 2. The molecule has 4 rings (SSSR count). The molecule has 8 nitrogen and oxygen atoms in total. The fraction of sp³-hybridized carbons (Fsp3) is 0.450. The van der Waals surface area contributed by atoms with Crippen LogP contribution in [-0.2, 0) is 4.74 Å². The summed E-state index contributed by atoms with van der Waals surface area (Å²) >= 11 is 0. The summed E-state index contributed by atoms with van der Waals surface area (Å²) in [5.74, 6) is 1.07. The predicted molar refractivity (Wildman–Crippen MR) is 108 cm³/mol. The molecule has 0 bridgehead atoms. The van der Waals surface area contributed by atoms with Gasteiger partial charge in [-0.3, -0.25) is 4.79 Å². The summed E-state index contributed by atoms with van der Waals surface area (Å²) in [6.45, 7) is 7.31. The number of hydrogen-bond donors (Lipinski definition) is 2. The van der Waals surface area contributed by atoms with Crippen molar-refractivity contribution in [2.24, 2.45) is 0 Å². The minimum absolute atomic E-state index is 0.0475. The van der Waals surface area contributed by atoms with E-state index in [0.29, 0.717) is 25.3 Å². The molecule has 3 N–H and O–H groups in total. The summed E-state index contributed by atoms with van der Waals surface area (Å²) in [7, 11) is 0. The van der Waals surface area contributed by atoms with Crippen molar-refractivity contribution < 1.29 is 9.53 Å². The van der Waals surface area contributed by atoms with Crippen molar-refractivity contribution in [2.75, 3.05) is 56.6 Å². The highest BCUT2D eigenvalue weighted by molar-refractivity contribution is 5.95. The second-order valence-electron chi connectivity index (χ2n) is 7.20. The van der Waals surface area contributed by atoms with E-state index in [1.54, 1.807) is 0 Å². The van der Waals surface area contributed by atoms with Crippen molar-refractivity contribution in [3.8, 4) is 11.3 Å². The molecule has 28 heavy (non-hydrogen) atoms. The number of nitrogens with one attached hydrogen (secondary N) is 1. The number of morpholine rings is 1. The zero-order chi connectivity index (χ0) is 19.5. The molecular formula is C20H26N6O2. The molecule has 0 aliphatic carbocycles. The Kier molecular flexibility index (Phi) is 5.40. The molecule has 1 amide bonds. The van der Waals surface area contributed by atoms with E-state index in [-0.39, 0.29) is 17.9 Å². The van der Waals surface area contributed by atoms with Crippen LogP contribution in [0, 0.1) is 0 Å². The van der Waals surface area contributed by atoms with Crippen molar-refractivity contribution in [3.63, 3.8) is 0 Å². The zero-order valence-corrected chi connectivity index (χ0v) is 16.1. The highest BCUT2D eigenvalue weighted by Crippen LogP contribution is 2.25. The van der Waals surface area contributed by atoms with Crippen LogP contribution in [0.5, 0.6) is 0 Å². The predicted octanol–water partition coefficient (Wildman–Crippen LogP) is 0.996. The van der Waals surface area contributed by atoms with E-state index in [1.165, 1.54) is 0 Å². The third-order valence-corrected chi connectivity index (χ3v) is 5.23. The van der Waals surface area contributed by atoms with Gasteiger partial charge >= 0.3 is 0 Å². The normalized spacial score (nSPS) is 20.2. The van der Waals surface area contributed by atoms with Gasteiger partial charge in [-0.05, 0) is 19.1 Å². The molecule has 2 aliphatic heterocycles. The number of amides is 1. The van der Waals surface area contributed by atoms with E-state index < -0.39 is 0 Å². The van der Waals surface area contributed by atoms with Gasteiger partial charge in [-0.2, -0.15) is 4.98 Å². The largest absolute Gasteiger partial charge is 0.378 e. The molecule has 1 atom stereocenters. The van der Waals surface area contributed by atoms with Crippen molar-refractivity contribution in [2.45, 2.75) is 13.0 Å². The van der Waals surface area contributed by atoms with Gasteiger partial charge in [-0.15, -0.1) is 0 Å². The van der Waals surface area contributed by atoms with E-state index in [0.717, 1.165) is 43.3 Å². The lowest BCUT2D eigenvalue weighted by atomic mass is 10.1. The molecule has 3 heterocycles. The number of anilines is 2. The lowest BCUT2D eigenvalue weighted by Crippen LogP contribution is -2.52. The lowest BCUT2D eigenvalue weighted by molar-refractivity contribution is 0.0656. The molecule has 8 heteroatoms. The Labute approximate surface area is 164 Å². The second-order valence-corrected chi connectivity index (χ2v) is 7.20. The van der Waals surface area contributed by atoms with Gasteiger partial charge in [0.05, 0.1) is 18.9 Å². The average Bonchev–Trinajstić information content (AvgIpc) is 2.74. The smallest absolute Gasteiger partial charge is 0.254 e. The van der Waals surface area contributed by atoms with Crippen LogP contribution >= 0.6 is 0 Å². The van der Waals surface area contributed by atoms with Crippen molar-refractivity contribution in [1.29, 1.82) is 0 Å². The zero-order valence-electron chi connectivity index (χ0n) is 16.1. The Bertz CT molecular complexity index is 852. The first-order chi connectivity index (χ1) is 13.6. The van der Waals surface area contributed by atoms with Crippen LogP contribution in [0.15, 0.2) is 30.3 Å². The van der Waals surface area contributed by atoms with Gasteiger partial charge in [0.2, 0.25) is 5.95 Å². The molecular weight excluding hydrogens is 356 g/mol. The number of benzene rings is 1. The number of nitrogen functional groups attached to an aromatic ring is 1. The maximum Gasteiger partial charge on any atom is 0.254 e. The van der Waals surface area contributed by atoms with Crippen LogP contribution in [-0.4, -0.2) is 72.8 Å². The van der Waals surface area contributed by atoms with Crippen LogP contribution in [0.4, 0.5) is 11.8 Å². The number of hydrogen-bond acceptors (Lipinski definition) is 7. The maximum absolute atomic E-state index is 13.0. The Morgan fingerprint density at radius 2 is 2.04 bits per heavy atom. The highest BCUT2D eigenvalue weighted by atomic mass is 16.5. The molecule has 0 unspecified atom stereocenters. The monoisotopic (exact) mass is 382 g/mol. The standard InChI is InChI=1S/C20H26N6O2/c1-14-13-22-5-6-26(14)19(27)16-4-2-3-15(11-16)17-12-18(24-20(21)23-17)25-7-9-28-10-8-25/h2-4,11-12,14,22H,5-10,13H2,1H3,(H2,21,23,24)/t14-/m0/s1. The number of rotatable bonds is 3. The van der Waals surface area contributed by atoms with Crippen LogP contribution in [0.3, 0.4) is 0 Å². The van der Waals surface area contributed by atoms with Gasteiger partial charge in [-0.25, -0.2) is 4.98 Å². The van der Waals surface area contributed by atoms with Crippen molar-refractivity contribution >= 4 is 17.7 Å². The Morgan fingerprint density at radius 3 is 2.82 bits per heavy atom. The van der Waals surface area contributed by atoms with E-state index in [1.807, 2.05) is 35.2 Å². The van der Waals surface area contributed by atoms with Gasteiger partial charge < -0.3 is 25.6 Å². The molecule has 2 saturated heterocycles. The van der Waals surface area contributed by atoms with Crippen LogP contribution in [0.1, 0.15) is 17.3 Å². The molecule has 2 aliphatic rings. The Balaban J connectivity index is 1.62. The topological polar surface area (TPSA) is 96.6 Å². The number of piperazine rings is 1. The lowest BCUT2D eigenvalue weighted by Gasteiger charge is -2.34. The van der Waals surface area contributed by atoms with Crippen LogP contribution in [0.25, 0.3) is 11.3 Å². The first-order valence-corrected chi connectivity index (χ1v) is 9.71. The van der Waals surface area contributed by atoms with E-state index in [9.17, 15) is 4.79 Å². The Hall–Kier alpha value is -2.71. The summed E-state index contributed by atoms with van der Waals surface area (Å²) in [6, 6.07) is 9.69. The molecule has 2 aromatic rings. The van der Waals surface area contributed by atoms with Gasteiger partial charge in [0.1, 0.15) is 5.82 Å². The van der Waals surface area contributed by atoms with E-state index >= 15 is 0 Å². The van der Waals surface area contributed by atoms with Crippen LogP contribution < -0.4 is 16.0 Å². The summed E-state index contributed by atoms with van der Waals surface area (Å²) in [4.78, 5) is 25.8. The summed E-state index contributed by atoms with van der Waals surface area (Å²) < 4.78 is 5.41. The highest BCUT2D eigenvalue weighted by Gasteiger charge is 2.24. The molecule has 0 spiro atoms. The fourth-order valence-corrected chi connectivity index (χ4v) is 3.68. The van der Waals surface area contributed by atoms with Crippen molar-refractivity contribution in [3.05, 3.63) is 35.9 Å². The van der Waals surface area contributed by atoms with Gasteiger partial charge in [-0.1, -0.05) is 12.1 Å². The third-order valence-electron chi connectivity index (χ3n) is 5.23. The quantitative estimate of drug-likeness (QED) is 0.817. The summed E-state index contributed by atoms with van der Waals surface area (Å²) in [6.07, 6.45) is 0. The van der Waals surface area contributed by atoms with Gasteiger partial charge in [0.25, 0.3) is 5.91 Å². The number of ether oxygens (including phenoxy) is 1. The van der Waals surface area contributed by atoms with E-state index in [4.69, 9.17) is 10.5 Å². The number of carbonyl (C=O) groups is 1. The molecule has 0 radical (unpaired) electrons. The maximum atomic E-state index is 13.0. The SMILES string of the molecule is C[C@H]1CNCCN1C(=O)c1cccc(-c2cc(N3CCOCC3)nc(N)n2)c1. The number of nitrogens with zero attached hydrogens (tertiary/aromatic N) is 4. The van der Waals surface area contributed by atoms with E-state index in [2.05, 4.69) is 27.1 Å². The van der Waals surface area contributed by atoms with Crippen molar-refractivity contribution in [1.82, 2.24) is 20.2 Å².